The second kappa shape index (κ2) is 10.0. The smallest absolute Gasteiger partial charge is 0.268 e. The lowest BCUT2D eigenvalue weighted by Crippen LogP contribution is -2.37. The number of carbonyl (C=O) groups excluding carboxylic acids is 3. The second-order valence-electron chi connectivity index (χ2n) is 9.06. The monoisotopic (exact) mass is 491 g/mol. The summed E-state index contributed by atoms with van der Waals surface area (Å²) in [7, 11) is -1.03. The van der Waals surface area contributed by atoms with E-state index in [1.807, 2.05) is 42.5 Å². The predicted molar refractivity (Wildman–Crippen MR) is 144 cm³/mol. The molecule has 5 heteroatoms. The number of carbonyl (C=O) groups is 3. The lowest BCUT2D eigenvalue weighted by molar-refractivity contribution is -0.126. The van der Waals surface area contributed by atoms with Gasteiger partial charge in [0.15, 0.2) is 0 Å². The number of hydrogen-bond donors (Lipinski definition) is 0. The van der Waals surface area contributed by atoms with Crippen molar-refractivity contribution in [1.29, 1.82) is 0 Å². The molecule has 1 aliphatic rings. The minimum Gasteiger partial charge on any atom is -0.274 e. The number of aryl methyl sites for hydroxylation is 2. The summed E-state index contributed by atoms with van der Waals surface area (Å²) >= 11 is 0. The average molecular weight is 492 g/mol. The van der Waals surface area contributed by atoms with E-state index in [4.69, 9.17) is 0 Å². The van der Waals surface area contributed by atoms with Gasteiger partial charge in [-0.1, -0.05) is 102 Å². The van der Waals surface area contributed by atoms with Gasteiger partial charge >= 0.3 is 0 Å². The Bertz CT molecular complexity index is 1380. The highest BCUT2D eigenvalue weighted by molar-refractivity contribution is 7.73. The first-order valence-corrected chi connectivity index (χ1v) is 13.3. The fourth-order valence-corrected chi connectivity index (χ4v) is 7.78. The maximum absolute atomic E-state index is 13.7. The number of nitrogens with zero attached hydrogens (tertiary/aromatic N) is 1. The van der Waals surface area contributed by atoms with Crippen molar-refractivity contribution in [1.82, 2.24) is 4.90 Å². The molecule has 0 aromatic heterocycles. The SMILES string of the molecule is Cc1cccc(P(c2cccc(C)c2)[C@@H](CC(=O)N2C(=O)c3ccccc3C2=O)c2ccccc2)c1. The number of imide groups is 3. The molecule has 0 bridgehead atoms. The highest BCUT2D eigenvalue weighted by Gasteiger charge is 2.41. The van der Waals surface area contributed by atoms with Crippen LogP contribution in [0.1, 0.15) is 49.5 Å². The molecule has 0 saturated heterocycles. The molecule has 0 aliphatic carbocycles. The summed E-state index contributed by atoms with van der Waals surface area (Å²) in [6.45, 7) is 4.13. The molecule has 1 aliphatic heterocycles. The van der Waals surface area contributed by atoms with E-state index in [0.29, 0.717) is 0 Å². The largest absolute Gasteiger partial charge is 0.274 e. The van der Waals surface area contributed by atoms with Gasteiger partial charge in [0.25, 0.3) is 11.8 Å². The fraction of sp³-hybridized carbons (Fsp3) is 0.129. The van der Waals surface area contributed by atoms with Gasteiger partial charge in [-0.05, 0) is 50.1 Å². The third-order valence-electron chi connectivity index (χ3n) is 6.47. The van der Waals surface area contributed by atoms with Crippen LogP contribution in [0.3, 0.4) is 0 Å². The molecular formula is C31H26NO3P. The molecule has 4 aromatic carbocycles. The van der Waals surface area contributed by atoms with Gasteiger partial charge in [-0.3, -0.25) is 14.4 Å². The van der Waals surface area contributed by atoms with Crippen molar-refractivity contribution in [3.63, 3.8) is 0 Å². The van der Waals surface area contributed by atoms with E-state index >= 15 is 0 Å². The topological polar surface area (TPSA) is 54.5 Å². The summed E-state index contributed by atoms with van der Waals surface area (Å²) < 4.78 is 0. The van der Waals surface area contributed by atoms with Crippen molar-refractivity contribution in [3.8, 4) is 0 Å². The van der Waals surface area contributed by atoms with Crippen LogP contribution in [-0.4, -0.2) is 22.6 Å². The van der Waals surface area contributed by atoms with Crippen LogP contribution in [-0.2, 0) is 4.79 Å². The van der Waals surface area contributed by atoms with Gasteiger partial charge in [-0.25, -0.2) is 4.90 Å². The normalized spacial score (nSPS) is 13.7. The van der Waals surface area contributed by atoms with E-state index in [1.54, 1.807) is 24.3 Å². The third-order valence-corrected chi connectivity index (χ3v) is 9.24. The molecule has 0 spiro atoms. The van der Waals surface area contributed by atoms with Gasteiger partial charge in [-0.2, -0.15) is 0 Å². The molecule has 5 rings (SSSR count). The van der Waals surface area contributed by atoms with Gasteiger partial charge < -0.3 is 0 Å². The molecule has 0 unspecified atom stereocenters. The van der Waals surface area contributed by atoms with Crippen molar-refractivity contribution in [2.45, 2.75) is 25.9 Å². The van der Waals surface area contributed by atoms with Gasteiger partial charge in [0.1, 0.15) is 0 Å². The van der Waals surface area contributed by atoms with Crippen LogP contribution < -0.4 is 10.6 Å². The molecule has 0 radical (unpaired) electrons. The number of benzene rings is 4. The Morgan fingerprint density at radius 3 is 1.69 bits per heavy atom. The number of fused-ring (bicyclic) bond motifs is 1. The Kier molecular flexibility index (Phi) is 6.63. The highest BCUT2D eigenvalue weighted by atomic mass is 31.1. The van der Waals surface area contributed by atoms with Crippen molar-refractivity contribution in [2.75, 3.05) is 0 Å². The zero-order valence-electron chi connectivity index (χ0n) is 20.2. The molecule has 3 amide bonds. The Morgan fingerprint density at radius 2 is 1.19 bits per heavy atom. The van der Waals surface area contributed by atoms with E-state index in [1.165, 1.54) is 0 Å². The molecule has 36 heavy (non-hydrogen) atoms. The lowest BCUT2D eigenvalue weighted by Gasteiger charge is -2.30. The molecule has 0 fully saturated rings. The quantitative estimate of drug-likeness (QED) is 0.257. The molecule has 4 nitrogen and oxygen atoms in total. The maximum Gasteiger partial charge on any atom is 0.268 e. The van der Waals surface area contributed by atoms with Crippen molar-refractivity contribution in [2.24, 2.45) is 0 Å². The first-order chi connectivity index (χ1) is 17.4. The van der Waals surface area contributed by atoms with Crippen LogP contribution in [0.4, 0.5) is 0 Å². The molecule has 178 valence electrons. The molecular weight excluding hydrogens is 465 g/mol. The Labute approximate surface area is 212 Å². The van der Waals surface area contributed by atoms with Crippen molar-refractivity contribution in [3.05, 3.63) is 131 Å². The summed E-state index contributed by atoms with van der Waals surface area (Å²) in [4.78, 5) is 40.7. The Morgan fingerprint density at radius 1 is 0.694 bits per heavy atom. The van der Waals surface area contributed by atoms with E-state index in [9.17, 15) is 14.4 Å². The second-order valence-corrected chi connectivity index (χ2v) is 11.5. The van der Waals surface area contributed by atoms with Gasteiger partial charge in [0.05, 0.1) is 11.1 Å². The molecule has 0 N–H and O–H groups in total. The first-order valence-electron chi connectivity index (χ1n) is 11.9. The van der Waals surface area contributed by atoms with Crippen LogP contribution in [0, 0.1) is 13.8 Å². The maximum atomic E-state index is 13.7. The number of rotatable bonds is 6. The fourth-order valence-electron chi connectivity index (χ4n) is 4.77. The summed E-state index contributed by atoms with van der Waals surface area (Å²) in [6, 6.07) is 33.4. The highest BCUT2D eigenvalue weighted by Crippen LogP contribution is 2.52. The Balaban J connectivity index is 1.60. The van der Waals surface area contributed by atoms with Gasteiger partial charge in [-0.15, -0.1) is 0 Å². The van der Waals surface area contributed by atoms with E-state index < -0.39 is 25.6 Å². The standard InChI is InChI=1S/C31H26NO3P/c1-21-10-8-14-24(18-21)36(25-15-9-11-22(2)19-25)28(23-12-4-3-5-13-23)20-29(33)32-30(34)26-16-6-7-17-27(26)31(32)35/h3-19,28H,20H2,1-2H3/t28-/m0/s1. The zero-order valence-corrected chi connectivity index (χ0v) is 21.1. The molecule has 0 saturated carbocycles. The first kappa shape index (κ1) is 23.8. The van der Waals surface area contributed by atoms with Crippen LogP contribution in [0.2, 0.25) is 0 Å². The minimum absolute atomic E-state index is 0.0447. The number of hydrogen-bond acceptors (Lipinski definition) is 3. The van der Waals surface area contributed by atoms with Crippen LogP contribution in [0.25, 0.3) is 0 Å². The predicted octanol–water partition coefficient (Wildman–Crippen LogP) is 5.69. The summed E-state index contributed by atoms with van der Waals surface area (Å²) in [5.41, 5.74) is 3.65. The van der Waals surface area contributed by atoms with Gasteiger partial charge in [0.2, 0.25) is 5.91 Å². The van der Waals surface area contributed by atoms with E-state index in [-0.39, 0.29) is 23.2 Å². The summed E-state index contributed by atoms with van der Waals surface area (Å²) in [6.07, 6.45) is 0.0447. The van der Waals surface area contributed by atoms with Crippen LogP contribution >= 0.6 is 7.92 Å². The average Bonchev–Trinajstić information content (AvgIpc) is 3.14. The molecule has 1 heterocycles. The minimum atomic E-state index is -1.03. The summed E-state index contributed by atoms with van der Waals surface area (Å²) in [5, 5.41) is 2.30. The lowest BCUT2D eigenvalue weighted by atomic mass is 10.1. The van der Waals surface area contributed by atoms with Crippen LogP contribution in [0.15, 0.2) is 103 Å². The van der Waals surface area contributed by atoms with Crippen molar-refractivity contribution < 1.29 is 14.4 Å². The molecule has 4 aromatic rings. The number of amides is 3. The van der Waals surface area contributed by atoms with Crippen molar-refractivity contribution >= 4 is 36.3 Å². The van der Waals surface area contributed by atoms with Crippen LogP contribution in [0.5, 0.6) is 0 Å². The van der Waals surface area contributed by atoms with E-state index in [2.05, 4.69) is 50.2 Å². The third kappa shape index (κ3) is 4.53. The summed E-state index contributed by atoms with van der Waals surface area (Å²) in [5.74, 6) is -1.55. The van der Waals surface area contributed by atoms with Gasteiger partial charge in [0, 0.05) is 12.1 Å². The molecule has 1 atom stereocenters. The Hall–Kier alpha value is -3.88. The van der Waals surface area contributed by atoms with E-state index in [0.717, 1.165) is 32.2 Å². The zero-order chi connectivity index (χ0) is 25.2.